The number of rotatable bonds is 6. The maximum Gasteiger partial charge on any atom is 0.233 e. The van der Waals surface area contributed by atoms with Crippen molar-refractivity contribution >= 4 is 5.82 Å². The topological polar surface area (TPSA) is 67.5 Å². The van der Waals surface area contributed by atoms with Gasteiger partial charge in [0, 0.05) is 26.2 Å². The first-order valence-electron chi connectivity index (χ1n) is 6.87. The summed E-state index contributed by atoms with van der Waals surface area (Å²) < 4.78 is 5.11. The van der Waals surface area contributed by atoms with Crippen molar-refractivity contribution in [3.05, 3.63) is 12.4 Å². The van der Waals surface area contributed by atoms with Gasteiger partial charge < -0.3 is 15.4 Å². The number of piperazine rings is 1. The lowest BCUT2D eigenvalue weighted by Gasteiger charge is -2.35. The summed E-state index contributed by atoms with van der Waals surface area (Å²) in [6.45, 7) is 6.07. The standard InChI is InChI=1S/C13H23N5O/c1-19-13-11-15-10-12(16-13)18-8-6-17(7-9-18)5-3-2-4-14/h10-11H,2-9,14H2,1H3. The average molecular weight is 265 g/mol. The van der Waals surface area contributed by atoms with Crippen LogP contribution in [0.5, 0.6) is 5.88 Å². The Morgan fingerprint density at radius 1 is 1.21 bits per heavy atom. The predicted octanol–water partition coefficient (Wildman–Crippen LogP) is 0.346. The number of hydrogen-bond acceptors (Lipinski definition) is 6. The van der Waals surface area contributed by atoms with Gasteiger partial charge in [-0.25, -0.2) is 0 Å². The van der Waals surface area contributed by atoms with Crippen LogP contribution in [0.3, 0.4) is 0 Å². The monoisotopic (exact) mass is 265 g/mol. The average Bonchev–Trinajstić information content (AvgIpc) is 2.48. The van der Waals surface area contributed by atoms with Crippen LogP contribution < -0.4 is 15.4 Å². The number of anilines is 1. The van der Waals surface area contributed by atoms with Crippen LogP contribution in [-0.2, 0) is 0 Å². The fraction of sp³-hybridized carbons (Fsp3) is 0.692. The molecule has 2 rings (SSSR count). The molecule has 1 fully saturated rings. The van der Waals surface area contributed by atoms with Gasteiger partial charge >= 0.3 is 0 Å². The lowest BCUT2D eigenvalue weighted by Crippen LogP contribution is -2.47. The van der Waals surface area contributed by atoms with Crippen LogP contribution >= 0.6 is 0 Å². The van der Waals surface area contributed by atoms with Crippen molar-refractivity contribution in [2.24, 2.45) is 5.73 Å². The minimum atomic E-state index is 0.572. The van der Waals surface area contributed by atoms with Crippen molar-refractivity contribution in [3.8, 4) is 5.88 Å². The molecule has 0 spiro atoms. The quantitative estimate of drug-likeness (QED) is 0.748. The summed E-state index contributed by atoms with van der Waals surface area (Å²) in [5.41, 5.74) is 5.52. The third-order valence-electron chi connectivity index (χ3n) is 3.43. The Balaban J connectivity index is 1.82. The highest BCUT2D eigenvalue weighted by Gasteiger charge is 2.18. The fourth-order valence-corrected chi connectivity index (χ4v) is 2.27. The number of aromatic nitrogens is 2. The molecule has 6 heteroatoms. The molecule has 1 saturated heterocycles. The first-order valence-corrected chi connectivity index (χ1v) is 6.87. The molecule has 0 bridgehead atoms. The largest absolute Gasteiger partial charge is 0.480 e. The van der Waals surface area contributed by atoms with E-state index in [-0.39, 0.29) is 0 Å². The maximum absolute atomic E-state index is 5.52. The van der Waals surface area contributed by atoms with Crippen LogP contribution in [0, 0.1) is 0 Å². The van der Waals surface area contributed by atoms with Crippen LogP contribution in [0.2, 0.25) is 0 Å². The van der Waals surface area contributed by atoms with Crippen molar-refractivity contribution in [2.45, 2.75) is 12.8 Å². The molecule has 1 aromatic heterocycles. The molecule has 0 radical (unpaired) electrons. The van der Waals surface area contributed by atoms with Gasteiger partial charge in [-0.05, 0) is 25.9 Å². The SMILES string of the molecule is COc1cncc(N2CCN(CCCCN)CC2)n1. The van der Waals surface area contributed by atoms with E-state index in [1.165, 1.54) is 6.42 Å². The molecule has 0 saturated carbocycles. The lowest BCUT2D eigenvalue weighted by atomic mass is 10.2. The minimum absolute atomic E-state index is 0.572. The number of ether oxygens (including phenoxy) is 1. The summed E-state index contributed by atoms with van der Waals surface area (Å²) >= 11 is 0. The molecular weight excluding hydrogens is 242 g/mol. The van der Waals surface area contributed by atoms with Crippen LogP contribution in [0.15, 0.2) is 12.4 Å². The van der Waals surface area contributed by atoms with Crippen molar-refractivity contribution in [2.75, 3.05) is 51.3 Å². The lowest BCUT2D eigenvalue weighted by molar-refractivity contribution is 0.252. The third-order valence-corrected chi connectivity index (χ3v) is 3.43. The molecule has 1 aliphatic heterocycles. The number of unbranched alkanes of at least 4 members (excludes halogenated alkanes) is 1. The van der Waals surface area contributed by atoms with Crippen molar-refractivity contribution in [1.82, 2.24) is 14.9 Å². The highest BCUT2D eigenvalue weighted by molar-refractivity contribution is 5.38. The first kappa shape index (κ1) is 14.0. The summed E-state index contributed by atoms with van der Waals surface area (Å²) in [6.07, 6.45) is 5.73. The second-order valence-electron chi connectivity index (χ2n) is 4.74. The van der Waals surface area contributed by atoms with E-state index in [1.807, 2.05) is 0 Å². The second kappa shape index (κ2) is 7.25. The number of methoxy groups -OCH3 is 1. The van der Waals surface area contributed by atoms with E-state index < -0.39 is 0 Å². The summed E-state index contributed by atoms with van der Waals surface area (Å²) in [7, 11) is 1.61. The van der Waals surface area contributed by atoms with Gasteiger partial charge in [0.1, 0.15) is 0 Å². The third kappa shape index (κ3) is 4.04. The number of nitrogens with zero attached hydrogens (tertiary/aromatic N) is 4. The van der Waals surface area contributed by atoms with Gasteiger partial charge in [-0.2, -0.15) is 4.98 Å². The smallest absolute Gasteiger partial charge is 0.233 e. The summed E-state index contributed by atoms with van der Waals surface area (Å²) in [4.78, 5) is 13.3. The van der Waals surface area contributed by atoms with Crippen molar-refractivity contribution < 1.29 is 4.74 Å². The molecule has 106 valence electrons. The molecule has 2 N–H and O–H groups in total. The van der Waals surface area contributed by atoms with Gasteiger partial charge in [0.2, 0.25) is 5.88 Å². The molecule has 0 aromatic carbocycles. The highest BCUT2D eigenvalue weighted by Crippen LogP contribution is 2.15. The molecule has 19 heavy (non-hydrogen) atoms. The first-order chi connectivity index (χ1) is 9.33. The van der Waals surface area contributed by atoms with Crippen LogP contribution in [0.1, 0.15) is 12.8 Å². The van der Waals surface area contributed by atoms with Gasteiger partial charge in [0.15, 0.2) is 5.82 Å². The van der Waals surface area contributed by atoms with Crippen LogP contribution in [0.4, 0.5) is 5.82 Å². The second-order valence-corrected chi connectivity index (χ2v) is 4.74. The number of hydrogen-bond donors (Lipinski definition) is 1. The zero-order valence-corrected chi connectivity index (χ0v) is 11.6. The Bertz CT molecular complexity index is 379. The normalized spacial score (nSPS) is 16.6. The molecular formula is C13H23N5O. The molecule has 1 aromatic rings. The predicted molar refractivity (Wildman–Crippen MR) is 75.5 cm³/mol. The van der Waals surface area contributed by atoms with E-state index in [1.54, 1.807) is 19.5 Å². The van der Waals surface area contributed by atoms with E-state index in [0.29, 0.717) is 5.88 Å². The van der Waals surface area contributed by atoms with Crippen molar-refractivity contribution in [3.63, 3.8) is 0 Å². The Morgan fingerprint density at radius 3 is 2.68 bits per heavy atom. The summed E-state index contributed by atoms with van der Waals surface area (Å²) in [6, 6.07) is 0. The molecule has 0 unspecified atom stereocenters. The van der Waals surface area contributed by atoms with E-state index in [4.69, 9.17) is 10.5 Å². The van der Waals surface area contributed by atoms with E-state index >= 15 is 0 Å². The Hall–Kier alpha value is -1.40. The minimum Gasteiger partial charge on any atom is -0.480 e. The van der Waals surface area contributed by atoms with Gasteiger partial charge in [-0.1, -0.05) is 0 Å². The Kier molecular flexibility index (Phi) is 5.35. The Labute approximate surface area is 114 Å². The molecule has 1 aliphatic rings. The van der Waals surface area contributed by atoms with Gasteiger partial charge in [-0.3, -0.25) is 9.88 Å². The summed E-state index contributed by atoms with van der Waals surface area (Å²) in [5, 5.41) is 0. The van der Waals surface area contributed by atoms with Gasteiger partial charge in [0.25, 0.3) is 0 Å². The van der Waals surface area contributed by atoms with E-state index in [0.717, 1.165) is 51.5 Å². The van der Waals surface area contributed by atoms with Crippen LogP contribution in [0.25, 0.3) is 0 Å². The summed E-state index contributed by atoms with van der Waals surface area (Å²) in [5.74, 6) is 1.48. The van der Waals surface area contributed by atoms with Gasteiger partial charge in [0.05, 0.1) is 19.5 Å². The molecule has 0 amide bonds. The van der Waals surface area contributed by atoms with Crippen LogP contribution in [-0.4, -0.2) is 61.2 Å². The molecule has 0 atom stereocenters. The zero-order chi connectivity index (χ0) is 13.5. The molecule has 0 aliphatic carbocycles. The molecule has 2 heterocycles. The fourth-order valence-electron chi connectivity index (χ4n) is 2.27. The van der Waals surface area contributed by atoms with E-state index in [9.17, 15) is 0 Å². The maximum atomic E-state index is 5.52. The Morgan fingerprint density at radius 2 is 2.00 bits per heavy atom. The number of nitrogens with two attached hydrogens (primary N) is 1. The van der Waals surface area contributed by atoms with Crippen molar-refractivity contribution in [1.29, 1.82) is 0 Å². The highest BCUT2D eigenvalue weighted by atomic mass is 16.5. The van der Waals surface area contributed by atoms with E-state index in [2.05, 4.69) is 19.8 Å². The zero-order valence-electron chi connectivity index (χ0n) is 11.6. The molecule has 6 nitrogen and oxygen atoms in total. The van der Waals surface area contributed by atoms with Gasteiger partial charge in [-0.15, -0.1) is 0 Å².